The van der Waals surface area contributed by atoms with Crippen molar-refractivity contribution in [3.63, 3.8) is 0 Å². The molecule has 0 amide bonds. The normalized spacial score (nSPS) is 21.5. The van der Waals surface area contributed by atoms with Crippen LogP contribution >= 0.6 is 0 Å². The molecule has 3 aromatic carbocycles. The van der Waals surface area contributed by atoms with Crippen molar-refractivity contribution in [2.75, 3.05) is 0 Å². The molecule has 0 radical (unpaired) electrons. The lowest BCUT2D eigenvalue weighted by Gasteiger charge is -2.37. The number of rotatable bonds is 10. The Labute approximate surface area is 274 Å². The molecule has 2 aliphatic rings. The van der Waals surface area contributed by atoms with Crippen LogP contribution in [0.3, 0.4) is 0 Å². The Morgan fingerprint density at radius 3 is 1.77 bits per heavy atom. The summed E-state index contributed by atoms with van der Waals surface area (Å²) in [5.74, 6) is -5.80. The fourth-order valence-electron chi connectivity index (χ4n) is 7.04. The number of allylic oxidation sites excluding steroid dienone is 1. The van der Waals surface area contributed by atoms with E-state index >= 15 is 0 Å². The molecule has 3 aromatic rings. The van der Waals surface area contributed by atoms with E-state index in [1.807, 2.05) is 0 Å². The van der Waals surface area contributed by atoms with Crippen molar-refractivity contribution in [1.82, 2.24) is 0 Å². The zero-order valence-corrected chi connectivity index (χ0v) is 27.3. The number of benzene rings is 3. The summed E-state index contributed by atoms with van der Waals surface area (Å²) in [5, 5.41) is 0. The summed E-state index contributed by atoms with van der Waals surface area (Å²) in [7, 11) is 0. The van der Waals surface area contributed by atoms with E-state index in [9.17, 15) is 30.7 Å². The van der Waals surface area contributed by atoms with Gasteiger partial charge in [-0.1, -0.05) is 81.4 Å². The lowest BCUT2D eigenvalue weighted by Crippen LogP contribution is -2.25. The Morgan fingerprint density at radius 1 is 0.723 bits per heavy atom. The summed E-state index contributed by atoms with van der Waals surface area (Å²) in [6, 6.07) is 8.12. The Hall–Kier alpha value is -3.29. The third kappa shape index (κ3) is 9.86. The first-order chi connectivity index (χ1) is 22.4. The summed E-state index contributed by atoms with van der Waals surface area (Å²) < 4.78 is 100. The highest BCUT2D eigenvalue weighted by Gasteiger charge is 2.41. The second-order valence-corrected chi connectivity index (χ2v) is 13.2. The van der Waals surface area contributed by atoms with E-state index in [4.69, 9.17) is 0 Å². The minimum absolute atomic E-state index is 0.00780. The van der Waals surface area contributed by atoms with E-state index in [1.54, 1.807) is 44.0 Å². The average molecular weight is 663 g/mol. The number of hydrogen-bond donors (Lipinski definition) is 0. The SMILES string of the molecule is C=CC1CCC(C2CCC(CCCCC)CC2)CC1.Cc1ccc(-c2cc(F)c(C(F)(F)Oc3cc(F)c(F)c(F)c3)c(F)c2)cc1. The maximum Gasteiger partial charge on any atom is 0.432 e. The van der Waals surface area contributed by atoms with E-state index in [0.717, 1.165) is 29.2 Å². The van der Waals surface area contributed by atoms with E-state index in [-0.39, 0.29) is 17.7 Å². The van der Waals surface area contributed by atoms with Gasteiger partial charge < -0.3 is 4.74 Å². The molecule has 8 heteroatoms. The Kier molecular flexibility index (Phi) is 13.0. The topological polar surface area (TPSA) is 9.23 Å². The lowest BCUT2D eigenvalue weighted by atomic mass is 9.68. The zero-order chi connectivity index (χ0) is 34.1. The summed E-state index contributed by atoms with van der Waals surface area (Å²) in [5.41, 5.74) is -0.455. The van der Waals surface area contributed by atoms with Crippen molar-refractivity contribution in [3.8, 4) is 16.9 Å². The molecule has 0 aliphatic heterocycles. The van der Waals surface area contributed by atoms with Crippen molar-refractivity contribution >= 4 is 0 Å². The second-order valence-electron chi connectivity index (χ2n) is 13.2. The summed E-state index contributed by atoms with van der Waals surface area (Å²) in [6.45, 7) is 8.08. The van der Waals surface area contributed by atoms with Gasteiger partial charge in [-0.3, -0.25) is 0 Å². The first-order valence-electron chi connectivity index (χ1n) is 16.8. The number of alkyl halides is 2. The zero-order valence-electron chi connectivity index (χ0n) is 27.3. The molecular formula is C39H45F7O. The molecule has 2 fully saturated rings. The third-order valence-electron chi connectivity index (χ3n) is 9.85. The first kappa shape index (κ1) is 36.5. The van der Waals surface area contributed by atoms with Crippen LogP contribution in [0.4, 0.5) is 30.7 Å². The van der Waals surface area contributed by atoms with Crippen LogP contribution in [0.5, 0.6) is 5.75 Å². The van der Waals surface area contributed by atoms with Crippen LogP contribution in [0.1, 0.15) is 95.1 Å². The van der Waals surface area contributed by atoms with Crippen molar-refractivity contribution in [3.05, 3.63) is 101 Å². The Morgan fingerprint density at radius 2 is 1.26 bits per heavy atom. The number of halogens is 7. The van der Waals surface area contributed by atoms with Crippen LogP contribution in [0.15, 0.2) is 61.2 Å². The smallest absolute Gasteiger partial charge is 0.429 e. The molecule has 0 atom stereocenters. The Balaban J connectivity index is 0.000000229. The molecule has 2 aliphatic carbocycles. The van der Waals surface area contributed by atoms with Crippen molar-refractivity contribution < 1.29 is 35.5 Å². The Bertz CT molecular complexity index is 1410. The third-order valence-corrected chi connectivity index (χ3v) is 9.85. The molecule has 0 unspecified atom stereocenters. The van der Waals surface area contributed by atoms with Gasteiger partial charge >= 0.3 is 6.11 Å². The lowest BCUT2D eigenvalue weighted by molar-refractivity contribution is -0.189. The van der Waals surface area contributed by atoms with Crippen LogP contribution in [-0.4, -0.2) is 0 Å². The predicted molar refractivity (Wildman–Crippen MR) is 173 cm³/mol. The van der Waals surface area contributed by atoms with Crippen LogP contribution in [0, 0.1) is 59.7 Å². The molecule has 5 rings (SSSR count). The molecule has 0 heterocycles. The largest absolute Gasteiger partial charge is 0.432 e. The summed E-state index contributed by atoms with van der Waals surface area (Å²) in [6.07, 6.45) is 15.4. The van der Waals surface area contributed by atoms with Gasteiger partial charge in [0.05, 0.1) is 0 Å². The van der Waals surface area contributed by atoms with Gasteiger partial charge in [0.15, 0.2) is 17.5 Å². The molecule has 2 saturated carbocycles. The van der Waals surface area contributed by atoms with Gasteiger partial charge in [0.2, 0.25) is 0 Å². The van der Waals surface area contributed by atoms with Gasteiger partial charge in [0, 0.05) is 12.1 Å². The van der Waals surface area contributed by atoms with Crippen LogP contribution in [-0.2, 0) is 6.11 Å². The molecule has 0 saturated heterocycles. The highest BCUT2D eigenvalue weighted by atomic mass is 19.3. The van der Waals surface area contributed by atoms with E-state index in [0.29, 0.717) is 17.7 Å². The molecule has 0 spiro atoms. The fourth-order valence-corrected chi connectivity index (χ4v) is 7.04. The minimum Gasteiger partial charge on any atom is -0.429 e. The van der Waals surface area contributed by atoms with Gasteiger partial charge in [0.25, 0.3) is 0 Å². The highest BCUT2D eigenvalue weighted by molar-refractivity contribution is 5.64. The molecular weight excluding hydrogens is 617 g/mol. The van der Waals surface area contributed by atoms with Gasteiger partial charge in [-0.2, -0.15) is 8.78 Å². The van der Waals surface area contributed by atoms with Gasteiger partial charge in [0.1, 0.15) is 22.9 Å². The molecule has 0 aromatic heterocycles. The number of hydrogen-bond acceptors (Lipinski definition) is 1. The van der Waals surface area contributed by atoms with Crippen LogP contribution in [0.25, 0.3) is 11.1 Å². The molecule has 1 nitrogen and oxygen atoms in total. The highest BCUT2D eigenvalue weighted by Crippen LogP contribution is 2.42. The minimum atomic E-state index is -4.61. The van der Waals surface area contributed by atoms with Crippen molar-refractivity contribution in [1.29, 1.82) is 0 Å². The van der Waals surface area contributed by atoms with E-state index in [1.165, 1.54) is 64.2 Å². The van der Waals surface area contributed by atoms with Crippen molar-refractivity contribution in [2.24, 2.45) is 23.7 Å². The van der Waals surface area contributed by atoms with E-state index in [2.05, 4.69) is 24.3 Å². The average Bonchev–Trinajstić information content (AvgIpc) is 3.04. The molecule has 256 valence electrons. The molecule has 0 bridgehead atoms. The number of unbranched alkanes of at least 4 members (excludes halogenated alkanes) is 2. The molecule has 47 heavy (non-hydrogen) atoms. The van der Waals surface area contributed by atoms with Gasteiger partial charge in [-0.15, -0.1) is 6.58 Å². The standard InChI is InChI=1S/C20H11F7O.C19H34/c1-10-2-4-11(5-3-10)12-6-14(21)18(15(22)7-12)20(26,27)28-13-8-16(23)19(25)17(24)9-13;1-3-5-6-7-17-10-14-19(15-11-17)18-12-8-16(4-2)9-13-18/h2-9H,1H3;4,16-19H,2-3,5-15H2,1H3. The fraction of sp³-hybridized carbons (Fsp3) is 0.487. The summed E-state index contributed by atoms with van der Waals surface area (Å²) >= 11 is 0. The quantitative estimate of drug-likeness (QED) is 0.0909. The second kappa shape index (κ2) is 16.7. The summed E-state index contributed by atoms with van der Waals surface area (Å²) in [4.78, 5) is 0. The maximum absolute atomic E-state index is 14.3. The predicted octanol–water partition coefficient (Wildman–Crippen LogP) is 12.9. The number of aryl methyl sites for hydroxylation is 1. The van der Waals surface area contributed by atoms with Gasteiger partial charge in [-0.25, -0.2) is 22.0 Å². The first-order valence-corrected chi connectivity index (χ1v) is 16.8. The van der Waals surface area contributed by atoms with Gasteiger partial charge in [-0.05, 0) is 92.4 Å². The monoisotopic (exact) mass is 662 g/mol. The molecule has 0 N–H and O–H groups in total. The van der Waals surface area contributed by atoms with Crippen LogP contribution < -0.4 is 4.74 Å². The maximum atomic E-state index is 14.3. The van der Waals surface area contributed by atoms with Crippen molar-refractivity contribution in [2.45, 2.75) is 97.0 Å². The number of ether oxygens (including phenoxy) is 1. The van der Waals surface area contributed by atoms with E-state index < -0.39 is 46.5 Å². The van der Waals surface area contributed by atoms with Crippen LogP contribution in [0.2, 0.25) is 0 Å².